The molecule has 4 nitrogen and oxygen atoms in total. The van der Waals surface area contributed by atoms with Gasteiger partial charge in [-0.15, -0.1) is 0 Å². The van der Waals surface area contributed by atoms with Crippen molar-refractivity contribution in [3.63, 3.8) is 0 Å². The summed E-state index contributed by atoms with van der Waals surface area (Å²) < 4.78 is 43.9. The van der Waals surface area contributed by atoms with Gasteiger partial charge in [0.15, 0.2) is 23.6 Å². The summed E-state index contributed by atoms with van der Waals surface area (Å²) in [6.45, 7) is 2.77. The second-order valence-corrected chi connectivity index (χ2v) is 4.10. The monoisotopic (exact) mass is 278 g/mol. The zero-order chi connectivity index (χ0) is 14.7. The van der Waals surface area contributed by atoms with Gasteiger partial charge in [-0.1, -0.05) is 0 Å². The third-order valence-electron chi connectivity index (χ3n) is 2.56. The summed E-state index contributed by atoms with van der Waals surface area (Å²) in [7, 11) is 0. The quantitative estimate of drug-likeness (QED) is 0.809. The SMILES string of the molecule is CC(O)C(C)OC(C(=O)O)c1cc(F)c(F)c(F)c1. The van der Waals surface area contributed by atoms with Crippen LogP contribution in [0, 0.1) is 17.5 Å². The Morgan fingerprint density at radius 3 is 2.05 bits per heavy atom. The van der Waals surface area contributed by atoms with Gasteiger partial charge in [0.2, 0.25) is 0 Å². The summed E-state index contributed by atoms with van der Waals surface area (Å²) in [5.74, 6) is -6.20. The number of rotatable bonds is 5. The lowest BCUT2D eigenvalue weighted by molar-refractivity contribution is -0.158. The Bertz CT molecular complexity index is 453. The van der Waals surface area contributed by atoms with E-state index >= 15 is 0 Å². The van der Waals surface area contributed by atoms with Crippen LogP contribution in [0.5, 0.6) is 0 Å². The smallest absolute Gasteiger partial charge is 0.337 e. The van der Waals surface area contributed by atoms with Crippen LogP contribution in [0.1, 0.15) is 25.5 Å². The predicted molar refractivity (Wildman–Crippen MR) is 58.9 cm³/mol. The summed E-state index contributed by atoms with van der Waals surface area (Å²) in [5.41, 5.74) is -0.378. The first kappa shape index (κ1) is 15.5. The minimum Gasteiger partial charge on any atom is -0.479 e. The molecule has 19 heavy (non-hydrogen) atoms. The molecule has 3 atom stereocenters. The molecular formula is C12H13F3O4. The Morgan fingerprint density at radius 1 is 1.21 bits per heavy atom. The second kappa shape index (κ2) is 6.03. The van der Waals surface area contributed by atoms with Crippen LogP contribution in [0.4, 0.5) is 13.2 Å². The maximum Gasteiger partial charge on any atom is 0.337 e. The number of hydrogen-bond donors (Lipinski definition) is 2. The lowest BCUT2D eigenvalue weighted by Gasteiger charge is -2.21. The second-order valence-electron chi connectivity index (χ2n) is 4.10. The van der Waals surface area contributed by atoms with E-state index in [4.69, 9.17) is 9.84 Å². The molecule has 1 aromatic rings. The molecule has 0 spiro atoms. The Hall–Kier alpha value is -1.60. The first-order valence-electron chi connectivity index (χ1n) is 5.44. The van der Waals surface area contributed by atoms with E-state index in [9.17, 15) is 23.1 Å². The number of aliphatic hydroxyl groups excluding tert-OH is 1. The normalized spacial score (nSPS) is 15.9. The standard InChI is InChI=1S/C12H13F3O4/c1-5(16)6(2)19-11(12(17)18)7-3-8(13)10(15)9(14)4-7/h3-6,11,16H,1-2H3,(H,17,18). The van der Waals surface area contributed by atoms with Crippen molar-refractivity contribution < 1.29 is 32.9 Å². The fourth-order valence-corrected chi connectivity index (χ4v) is 1.33. The number of halogens is 3. The maximum absolute atomic E-state index is 13.0. The van der Waals surface area contributed by atoms with Gasteiger partial charge in [-0.2, -0.15) is 0 Å². The number of carboxylic acid groups (broad SMARTS) is 1. The highest BCUT2D eigenvalue weighted by atomic mass is 19.2. The highest BCUT2D eigenvalue weighted by molar-refractivity contribution is 5.74. The van der Waals surface area contributed by atoms with Crippen LogP contribution in [0.3, 0.4) is 0 Å². The van der Waals surface area contributed by atoms with Crippen LogP contribution < -0.4 is 0 Å². The molecule has 0 heterocycles. The van der Waals surface area contributed by atoms with E-state index < -0.39 is 41.7 Å². The van der Waals surface area contributed by atoms with E-state index in [0.717, 1.165) is 0 Å². The molecule has 0 radical (unpaired) electrons. The van der Waals surface area contributed by atoms with E-state index in [1.807, 2.05) is 0 Å². The van der Waals surface area contributed by atoms with Crippen LogP contribution in [0.25, 0.3) is 0 Å². The number of aliphatic carboxylic acids is 1. The van der Waals surface area contributed by atoms with Crippen molar-refractivity contribution in [3.05, 3.63) is 35.1 Å². The molecule has 3 unspecified atom stereocenters. The number of benzene rings is 1. The van der Waals surface area contributed by atoms with Crippen molar-refractivity contribution in [2.45, 2.75) is 32.2 Å². The zero-order valence-electron chi connectivity index (χ0n) is 10.2. The Kier molecular flexibility index (Phi) is 4.90. The van der Waals surface area contributed by atoms with Crippen molar-refractivity contribution in [1.82, 2.24) is 0 Å². The van der Waals surface area contributed by atoms with Crippen LogP contribution in [0.2, 0.25) is 0 Å². The topological polar surface area (TPSA) is 66.8 Å². The number of carbonyl (C=O) groups is 1. The summed E-state index contributed by atoms with van der Waals surface area (Å²) in [5, 5.41) is 18.2. The molecule has 0 aliphatic carbocycles. The molecule has 0 fully saturated rings. The zero-order valence-corrected chi connectivity index (χ0v) is 10.2. The Morgan fingerprint density at radius 2 is 1.68 bits per heavy atom. The molecule has 0 aliphatic heterocycles. The van der Waals surface area contributed by atoms with Gasteiger partial charge in [-0.05, 0) is 31.5 Å². The first-order chi connectivity index (χ1) is 8.73. The van der Waals surface area contributed by atoms with Gasteiger partial charge >= 0.3 is 5.97 Å². The molecule has 1 aromatic carbocycles. The number of ether oxygens (including phenoxy) is 1. The lowest BCUT2D eigenvalue weighted by atomic mass is 10.1. The molecule has 0 amide bonds. The third kappa shape index (κ3) is 3.68. The molecule has 106 valence electrons. The van der Waals surface area contributed by atoms with Crippen molar-refractivity contribution in [2.24, 2.45) is 0 Å². The fraction of sp³-hybridized carbons (Fsp3) is 0.417. The Balaban J connectivity index is 3.10. The van der Waals surface area contributed by atoms with Crippen LogP contribution in [-0.2, 0) is 9.53 Å². The summed E-state index contributed by atoms with van der Waals surface area (Å²) >= 11 is 0. The number of aliphatic hydroxyl groups is 1. The number of hydrogen-bond acceptors (Lipinski definition) is 3. The van der Waals surface area contributed by atoms with E-state index in [2.05, 4.69) is 0 Å². The molecule has 0 saturated carbocycles. The highest BCUT2D eigenvalue weighted by Gasteiger charge is 2.27. The molecule has 1 rings (SSSR count). The maximum atomic E-state index is 13.0. The van der Waals surface area contributed by atoms with Gasteiger partial charge in [-0.3, -0.25) is 0 Å². The average molecular weight is 278 g/mol. The largest absolute Gasteiger partial charge is 0.479 e. The Labute approximate surface area is 107 Å². The average Bonchev–Trinajstić information content (AvgIpc) is 2.31. The summed E-state index contributed by atoms with van der Waals surface area (Å²) in [6.07, 6.45) is -3.55. The van der Waals surface area contributed by atoms with Crippen LogP contribution in [0.15, 0.2) is 12.1 Å². The minimum atomic E-state index is -1.70. The predicted octanol–water partition coefficient (Wildman–Crippen LogP) is 2.02. The van der Waals surface area contributed by atoms with E-state index in [0.29, 0.717) is 12.1 Å². The summed E-state index contributed by atoms with van der Waals surface area (Å²) in [6, 6.07) is 1.10. The lowest BCUT2D eigenvalue weighted by Crippen LogP contribution is -2.28. The molecule has 0 aromatic heterocycles. The number of carboxylic acids is 1. The van der Waals surface area contributed by atoms with Gasteiger partial charge in [-0.25, -0.2) is 18.0 Å². The molecule has 7 heteroatoms. The van der Waals surface area contributed by atoms with Gasteiger partial charge in [0.05, 0.1) is 12.2 Å². The van der Waals surface area contributed by atoms with Crippen molar-refractivity contribution in [2.75, 3.05) is 0 Å². The molecule has 0 bridgehead atoms. The van der Waals surface area contributed by atoms with Crippen molar-refractivity contribution in [3.8, 4) is 0 Å². The van der Waals surface area contributed by atoms with Gasteiger partial charge in [0, 0.05) is 0 Å². The van der Waals surface area contributed by atoms with Crippen molar-refractivity contribution >= 4 is 5.97 Å². The molecule has 0 aliphatic rings. The highest BCUT2D eigenvalue weighted by Crippen LogP contribution is 2.24. The third-order valence-corrected chi connectivity index (χ3v) is 2.56. The van der Waals surface area contributed by atoms with Gasteiger partial charge in [0.1, 0.15) is 0 Å². The summed E-state index contributed by atoms with van der Waals surface area (Å²) in [4.78, 5) is 11.0. The van der Waals surface area contributed by atoms with E-state index in [1.54, 1.807) is 0 Å². The molecular weight excluding hydrogens is 265 g/mol. The first-order valence-corrected chi connectivity index (χ1v) is 5.44. The van der Waals surface area contributed by atoms with Crippen LogP contribution in [-0.4, -0.2) is 28.4 Å². The van der Waals surface area contributed by atoms with Crippen LogP contribution >= 0.6 is 0 Å². The van der Waals surface area contributed by atoms with E-state index in [1.165, 1.54) is 13.8 Å². The molecule has 0 saturated heterocycles. The minimum absolute atomic E-state index is 0.378. The van der Waals surface area contributed by atoms with Gasteiger partial charge in [0.25, 0.3) is 0 Å². The van der Waals surface area contributed by atoms with Crippen molar-refractivity contribution in [1.29, 1.82) is 0 Å². The molecule has 2 N–H and O–H groups in total. The van der Waals surface area contributed by atoms with E-state index in [-0.39, 0.29) is 5.56 Å². The van der Waals surface area contributed by atoms with Gasteiger partial charge < -0.3 is 14.9 Å². The fourth-order valence-electron chi connectivity index (χ4n) is 1.33.